The fourth-order valence-electron chi connectivity index (χ4n) is 0.730. The molecule has 0 radical (unpaired) electrons. The van der Waals surface area contributed by atoms with Gasteiger partial charge in [-0.3, -0.25) is 0 Å². The molecule has 0 spiro atoms. The summed E-state index contributed by atoms with van der Waals surface area (Å²) in [5, 5.41) is 2.70. The molecule has 0 fully saturated rings. The number of hydrogen-bond acceptors (Lipinski definition) is 0. The van der Waals surface area contributed by atoms with Crippen LogP contribution >= 0.6 is 0 Å². The Labute approximate surface area is 99.9 Å². The van der Waals surface area contributed by atoms with Crippen LogP contribution in [0.15, 0.2) is 0 Å². The summed E-state index contributed by atoms with van der Waals surface area (Å²) in [6.07, 6.45) is 4.25. The summed E-state index contributed by atoms with van der Waals surface area (Å²) in [4.78, 5) is 0. The molecule has 2 heteroatoms. The fraction of sp³-hybridized carbons (Fsp3) is 0.667. The first kappa shape index (κ1) is 14.2. The molecular formula is C12H18Se2. The molecule has 78 valence electrons. The molecule has 0 aliphatic heterocycles. The zero-order valence-corrected chi connectivity index (χ0v) is 12.5. The van der Waals surface area contributed by atoms with Crippen LogP contribution < -0.4 is 0 Å². The van der Waals surface area contributed by atoms with Crippen LogP contribution in [0.3, 0.4) is 0 Å². The third kappa shape index (κ3) is 12.2. The van der Waals surface area contributed by atoms with Crippen LogP contribution in [0.2, 0.25) is 10.6 Å². The van der Waals surface area contributed by atoms with Crippen molar-refractivity contribution in [2.45, 2.75) is 50.2 Å². The average Bonchev–Trinajstić information content (AvgIpc) is 2.21. The van der Waals surface area contributed by atoms with Crippen molar-refractivity contribution >= 4 is 26.3 Å². The Morgan fingerprint density at radius 2 is 1.14 bits per heavy atom. The molecule has 0 bridgehead atoms. The minimum absolute atomic E-state index is 0.864. The van der Waals surface area contributed by atoms with Gasteiger partial charge in [-0.1, -0.05) is 0 Å². The van der Waals surface area contributed by atoms with E-state index in [0.29, 0.717) is 0 Å². The van der Waals surface area contributed by atoms with Gasteiger partial charge in [-0.25, -0.2) is 0 Å². The molecule has 0 N–H and O–H groups in total. The summed E-state index contributed by atoms with van der Waals surface area (Å²) in [6, 6.07) is 0. The zero-order chi connectivity index (χ0) is 10.5. The predicted octanol–water partition coefficient (Wildman–Crippen LogP) is 2.75. The Bertz CT molecular complexity index is 198. The number of rotatable bonds is 5. The molecule has 0 atom stereocenters. The van der Waals surface area contributed by atoms with E-state index in [9.17, 15) is 0 Å². The van der Waals surface area contributed by atoms with Gasteiger partial charge in [-0.2, -0.15) is 0 Å². The fourth-order valence-corrected chi connectivity index (χ4v) is 6.39. The first-order valence-corrected chi connectivity index (χ1v) is 11.8. The molecule has 0 saturated heterocycles. The molecule has 0 heterocycles. The Balaban J connectivity index is 3.06. The van der Waals surface area contributed by atoms with Crippen molar-refractivity contribution in [2.24, 2.45) is 0 Å². The average molecular weight is 320 g/mol. The van der Waals surface area contributed by atoms with Gasteiger partial charge in [-0.05, 0) is 0 Å². The molecule has 14 heavy (non-hydrogen) atoms. The third-order valence-corrected chi connectivity index (χ3v) is 8.66. The van der Waals surface area contributed by atoms with Crippen molar-refractivity contribution in [3.05, 3.63) is 0 Å². The van der Waals surface area contributed by atoms with Crippen molar-refractivity contribution < 1.29 is 0 Å². The van der Waals surface area contributed by atoms with Crippen molar-refractivity contribution in [3.63, 3.8) is 0 Å². The second-order valence-electron chi connectivity index (χ2n) is 2.56. The summed E-state index contributed by atoms with van der Waals surface area (Å²) in [5.41, 5.74) is 0. The standard InChI is InChI=1S/C12H18Se2/c1-3-5-7-9-11-13-14-12-10-8-6-4-2/h3-4,9-12H2,1-2H3. The summed E-state index contributed by atoms with van der Waals surface area (Å²) < 4.78 is 0. The van der Waals surface area contributed by atoms with Gasteiger partial charge in [0.05, 0.1) is 0 Å². The van der Waals surface area contributed by atoms with Crippen LogP contribution in [0.4, 0.5) is 0 Å². The Kier molecular flexibility index (Phi) is 13.3. The normalized spacial score (nSPS) is 8.43. The van der Waals surface area contributed by atoms with Crippen LogP contribution in [0.25, 0.3) is 0 Å². The third-order valence-electron chi connectivity index (χ3n) is 1.31. The first-order chi connectivity index (χ1) is 6.91. The SMILES string of the molecule is CCC#CCC[Se][Se]CCC#CCC. The van der Waals surface area contributed by atoms with E-state index in [1.807, 2.05) is 0 Å². The monoisotopic (exact) mass is 322 g/mol. The topological polar surface area (TPSA) is 0 Å². The Morgan fingerprint density at radius 3 is 1.50 bits per heavy atom. The molecule has 0 saturated carbocycles. The quantitative estimate of drug-likeness (QED) is 0.415. The summed E-state index contributed by atoms with van der Waals surface area (Å²) >= 11 is 1.73. The molecule has 0 aliphatic carbocycles. The van der Waals surface area contributed by atoms with E-state index < -0.39 is 0 Å². The van der Waals surface area contributed by atoms with Gasteiger partial charge in [0.2, 0.25) is 0 Å². The van der Waals surface area contributed by atoms with Gasteiger partial charge in [0, 0.05) is 0 Å². The first-order valence-electron chi connectivity index (χ1n) is 5.07. The van der Waals surface area contributed by atoms with Crippen LogP contribution in [0.5, 0.6) is 0 Å². The zero-order valence-electron chi connectivity index (χ0n) is 9.06. The second-order valence-corrected chi connectivity index (χ2v) is 10.4. The van der Waals surface area contributed by atoms with Gasteiger partial charge in [0.15, 0.2) is 0 Å². The van der Waals surface area contributed by atoms with E-state index >= 15 is 0 Å². The van der Waals surface area contributed by atoms with Crippen LogP contribution in [-0.2, 0) is 0 Å². The predicted molar refractivity (Wildman–Crippen MR) is 66.5 cm³/mol. The van der Waals surface area contributed by atoms with Crippen molar-refractivity contribution in [1.29, 1.82) is 0 Å². The van der Waals surface area contributed by atoms with Crippen molar-refractivity contribution in [3.8, 4) is 23.7 Å². The summed E-state index contributed by atoms with van der Waals surface area (Å²) in [5.74, 6) is 12.6. The summed E-state index contributed by atoms with van der Waals surface area (Å²) in [7, 11) is 0. The molecule has 0 unspecified atom stereocenters. The van der Waals surface area contributed by atoms with Gasteiger partial charge in [0.25, 0.3) is 0 Å². The molecule has 0 aromatic heterocycles. The van der Waals surface area contributed by atoms with Crippen LogP contribution in [-0.4, -0.2) is 26.3 Å². The number of hydrogen-bond donors (Lipinski definition) is 0. The van der Waals surface area contributed by atoms with E-state index in [1.54, 1.807) is 0 Å². The Hall–Kier alpha value is 0.159. The van der Waals surface area contributed by atoms with Crippen LogP contribution in [0.1, 0.15) is 39.5 Å². The van der Waals surface area contributed by atoms with Crippen molar-refractivity contribution in [1.82, 2.24) is 0 Å². The van der Waals surface area contributed by atoms with E-state index in [4.69, 9.17) is 0 Å². The van der Waals surface area contributed by atoms with Gasteiger partial charge >= 0.3 is 100 Å². The van der Waals surface area contributed by atoms with E-state index in [1.165, 1.54) is 10.6 Å². The van der Waals surface area contributed by atoms with E-state index in [0.717, 1.165) is 51.9 Å². The maximum absolute atomic E-state index is 3.19. The van der Waals surface area contributed by atoms with E-state index in [2.05, 4.69) is 37.5 Å². The second kappa shape index (κ2) is 13.2. The molecule has 0 aromatic carbocycles. The van der Waals surface area contributed by atoms with Gasteiger partial charge in [-0.15, -0.1) is 0 Å². The van der Waals surface area contributed by atoms with Gasteiger partial charge < -0.3 is 0 Å². The van der Waals surface area contributed by atoms with Gasteiger partial charge in [0.1, 0.15) is 0 Å². The summed E-state index contributed by atoms with van der Waals surface area (Å²) in [6.45, 7) is 4.21. The molecule has 0 amide bonds. The maximum atomic E-state index is 3.19. The van der Waals surface area contributed by atoms with Crippen molar-refractivity contribution in [2.75, 3.05) is 0 Å². The van der Waals surface area contributed by atoms with Crippen LogP contribution in [0, 0.1) is 23.7 Å². The Morgan fingerprint density at radius 1 is 0.714 bits per heavy atom. The minimum atomic E-state index is 0.864. The molecule has 0 aromatic rings. The molecular weight excluding hydrogens is 302 g/mol. The molecule has 0 rings (SSSR count). The molecule has 0 nitrogen and oxygen atoms in total. The van der Waals surface area contributed by atoms with E-state index in [-0.39, 0.29) is 0 Å². The molecule has 0 aliphatic rings.